The Kier molecular flexibility index (Phi) is 4.61. The van der Waals surface area contributed by atoms with Gasteiger partial charge in [0.1, 0.15) is 6.54 Å². The number of carbonyl (C=O) groups excluding carboxylic acids is 2. The van der Waals surface area contributed by atoms with E-state index in [2.05, 4.69) is 4.74 Å². The Bertz CT molecular complexity index is 836. The molecule has 7 nitrogen and oxygen atoms in total. The van der Waals surface area contributed by atoms with Crippen molar-refractivity contribution in [1.82, 2.24) is 9.47 Å². The number of nitrogens with zero attached hydrogens (tertiary/aromatic N) is 2. The first kappa shape index (κ1) is 16.2. The van der Waals surface area contributed by atoms with E-state index in [1.807, 2.05) is 0 Å². The first-order valence-electron chi connectivity index (χ1n) is 7.67. The molecule has 7 heteroatoms. The summed E-state index contributed by atoms with van der Waals surface area (Å²) < 4.78 is 11.3. The summed E-state index contributed by atoms with van der Waals surface area (Å²) in [5.41, 5.74) is -0.000724. The number of hydrogen-bond donors (Lipinski definition) is 0. The number of esters is 1. The quantitative estimate of drug-likeness (QED) is 0.772. The largest absolute Gasteiger partial charge is 0.465 e. The number of aromatic nitrogens is 1. The molecule has 3 rings (SSSR count). The van der Waals surface area contributed by atoms with Crippen molar-refractivity contribution in [2.75, 3.05) is 33.4 Å². The van der Waals surface area contributed by atoms with Gasteiger partial charge < -0.3 is 18.9 Å². The van der Waals surface area contributed by atoms with Crippen LogP contribution in [0.1, 0.15) is 10.4 Å². The van der Waals surface area contributed by atoms with Gasteiger partial charge in [0.2, 0.25) is 5.91 Å². The minimum absolute atomic E-state index is 0.0305. The monoisotopic (exact) mass is 330 g/mol. The molecule has 1 aromatic carbocycles. The van der Waals surface area contributed by atoms with Crippen LogP contribution in [0.5, 0.6) is 0 Å². The Morgan fingerprint density at radius 2 is 1.96 bits per heavy atom. The fourth-order valence-corrected chi connectivity index (χ4v) is 2.71. The number of rotatable bonds is 3. The lowest BCUT2D eigenvalue weighted by Gasteiger charge is -2.27. The lowest BCUT2D eigenvalue weighted by atomic mass is 10.1. The molecule has 0 N–H and O–H groups in total. The first-order chi connectivity index (χ1) is 11.6. The highest BCUT2D eigenvalue weighted by Gasteiger charge is 2.18. The summed E-state index contributed by atoms with van der Waals surface area (Å²) in [6.45, 7) is 2.07. The van der Waals surface area contributed by atoms with E-state index in [4.69, 9.17) is 4.74 Å². The fourth-order valence-electron chi connectivity index (χ4n) is 2.71. The molecule has 0 aliphatic carbocycles. The summed E-state index contributed by atoms with van der Waals surface area (Å²) in [6.07, 6.45) is 1.60. The van der Waals surface area contributed by atoms with Crippen LogP contribution in [0.3, 0.4) is 0 Å². The average molecular weight is 330 g/mol. The van der Waals surface area contributed by atoms with Crippen molar-refractivity contribution in [2.45, 2.75) is 6.54 Å². The van der Waals surface area contributed by atoms with Crippen LogP contribution in [0, 0.1) is 0 Å². The van der Waals surface area contributed by atoms with Gasteiger partial charge in [0.05, 0.1) is 25.9 Å². The van der Waals surface area contributed by atoms with E-state index in [0.29, 0.717) is 42.6 Å². The van der Waals surface area contributed by atoms with Gasteiger partial charge in [0.25, 0.3) is 5.56 Å². The van der Waals surface area contributed by atoms with Crippen molar-refractivity contribution in [3.8, 4) is 0 Å². The minimum Gasteiger partial charge on any atom is -0.465 e. The second-order valence-corrected chi connectivity index (χ2v) is 5.54. The maximum Gasteiger partial charge on any atom is 0.337 e. The second-order valence-electron chi connectivity index (χ2n) is 5.54. The number of hydrogen-bond acceptors (Lipinski definition) is 5. The van der Waals surface area contributed by atoms with Crippen LogP contribution in [0.2, 0.25) is 0 Å². The maximum absolute atomic E-state index is 12.6. The van der Waals surface area contributed by atoms with Crippen molar-refractivity contribution in [2.24, 2.45) is 0 Å². The highest BCUT2D eigenvalue weighted by atomic mass is 16.5. The summed E-state index contributed by atoms with van der Waals surface area (Å²) in [5, 5.41) is 1.10. The molecule has 2 heterocycles. The SMILES string of the molecule is COC(=O)c1ccc2ccn(CC(=O)N3CCOCC3)c(=O)c2c1. The van der Waals surface area contributed by atoms with Crippen molar-refractivity contribution >= 4 is 22.6 Å². The number of carbonyl (C=O) groups is 2. The molecule has 0 bridgehead atoms. The molecule has 1 aliphatic rings. The summed E-state index contributed by atoms with van der Waals surface area (Å²) >= 11 is 0. The average Bonchev–Trinajstić information content (AvgIpc) is 2.63. The molecular formula is C17H18N2O5. The van der Waals surface area contributed by atoms with Crippen LogP contribution >= 0.6 is 0 Å². The Labute approximate surface area is 138 Å². The first-order valence-corrected chi connectivity index (χ1v) is 7.67. The Hall–Kier alpha value is -2.67. The molecule has 0 saturated carbocycles. The van der Waals surface area contributed by atoms with Crippen LogP contribution in [0.4, 0.5) is 0 Å². The number of ether oxygens (including phenoxy) is 2. The minimum atomic E-state index is -0.504. The molecule has 0 atom stereocenters. The number of pyridine rings is 1. The van der Waals surface area contributed by atoms with Gasteiger partial charge in [-0.1, -0.05) is 6.07 Å². The van der Waals surface area contributed by atoms with E-state index >= 15 is 0 Å². The Balaban J connectivity index is 1.91. The van der Waals surface area contributed by atoms with Crippen LogP contribution < -0.4 is 5.56 Å². The highest BCUT2D eigenvalue weighted by molar-refractivity contribution is 5.95. The van der Waals surface area contributed by atoms with E-state index in [-0.39, 0.29) is 18.0 Å². The third-order valence-corrected chi connectivity index (χ3v) is 4.07. The van der Waals surface area contributed by atoms with Gasteiger partial charge in [0, 0.05) is 24.7 Å². The number of amides is 1. The molecule has 1 fully saturated rings. The van der Waals surface area contributed by atoms with E-state index < -0.39 is 5.97 Å². The number of fused-ring (bicyclic) bond motifs is 1. The third-order valence-electron chi connectivity index (χ3n) is 4.07. The summed E-state index contributed by atoms with van der Waals surface area (Å²) in [6, 6.07) is 6.55. The number of benzene rings is 1. The molecule has 24 heavy (non-hydrogen) atoms. The molecule has 1 amide bonds. The molecule has 1 saturated heterocycles. The van der Waals surface area contributed by atoms with Gasteiger partial charge in [-0.15, -0.1) is 0 Å². The summed E-state index contributed by atoms with van der Waals surface area (Å²) in [7, 11) is 1.29. The molecule has 0 unspecified atom stereocenters. The van der Waals surface area contributed by atoms with Gasteiger partial charge in [-0.05, 0) is 23.6 Å². The van der Waals surface area contributed by atoms with Crippen LogP contribution in [-0.2, 0) is 20.8 Å². The van der Waals surface area contributed by atoms with Gasteiger partial charge >= 0.3 is 5.97 Å². The Morgan fingerprint density at radius 1 is 1.21 bits per heavy atom. The molecule has 126 valence electrons. The molecular weight excluding hydrogens is 312 g/mol. The van der Waals surface area contributed by atoms with Crippen molar-refractivity contribution in [3.05, 3.63) is 46.4 Å². The third kappa shape index (κ3) is 3.16. The molecule has 1 aromatic heterocycles. The van der Waals surface area contributed by atoms with Gasteiger partial charge in [-0.2, -0.15) is 0 Å². The van der Waals surface area contributed by atoms with E-state index in [1.54, 1.807) is 29.3 Å². The zero-order chi connectivity index (χ0) is 17.1. The lowest BCUT2D eigenvalue weighted by molar-refractivity contribution is -0.135. The molecule has 0 radical (unpaired) electrons. The lowest BCUT2D eigenvalue weighted by Crippen LogP contribution is -2.43. The van der Waals surface area contributed by atoms with Crippen LogP contribution in [-0.4, -0.2) is 54.8 Å². The normalized spacial score (nSPS) is 14.6. The zero-order valence-electron chi connectivity index (χ0n) is 13.4. The predicted molar refractivity (Wildman–Crippen MR) is 86.9 cm³/mol. The summed E-state index contributed by atoms with van der Waals surface area (Å²) in [5.74, 6) is -0.625. The van der Waals surface area contributed by atoms with Crippen molar-refractivity contribution in [3.63, 3.8) is 0 Å². The maximum atomic E-state index is 12.6. The zero-order valence-corrected chi connectivity index (χ0v) is 13.4. The topological polar surface area (TPSA) is 77.8 Å². The van der Waals surface area contributed by atoms with E-state index in [0.717, 1.165) is 0 Å². The van der Waals surface area contributed by atoms with Gasteiger partial charge in [-0.25, -0.2) is 4.79 Å². The summed E-state index contributed by atoms with van der Waals surface area (Å²) in [4.78, 5) is 38.3. The van der Waals surface area contributed by atoms with Gasteiger partial charge in [0.15, 0.2) is 0 Å². The highest BCUT2D eigenvalue weighted by Crippen LogP contribution is 2.13. The second kappa shape index (κ2) is 6.84. The van der Waals surface area contributed by atoms with E-state index in [1.165, 1.54) is 17.7 Å². The van der Waals surface area contributed by atoms with Crippen molar-refractivity contribution in [1.29, 1.82) is 0 Å². The van der Waals surface area contributed by atoms with Gasteiger partial charge in [-0.3, -0.25) is 9.59 Å². The van der Waals surface area contributed by atoms with E-state index in [9.17, 15) is 14.4 Å². The number of morpholine rings is 1. The smallest absolute Gasteiger partial charge is 0.337 e. The predicted octanol–water partition coefficient (Wildman–Crippen LogP) is 0.647. The molecule has 1 aliphatic heterocycles. The standard InChI is InChI=1S/C17H18N2O5/c1-23-17(22)13-3-2-12-4-5-19(16(21)14(12)10-13)11-15(20)18-6-8-24-9-7-18/h2-5,10H,6-9,11H2,1H3. The van der Waals surface area contributed by atoms with Crippen LogP contribution in [0.25, 0.3) is 10.8 Å². The molecule has 0 spiro atoms. The molecule has 2 aromatic rings. The number of methoxy groups -OCH3 is 1. The Morgan fingerprint density at radius 3 is 2.67 bits per heavy atom. The van der Waals surface area contributed by atoms with Crippen LogP contribution in [0.15, 0.2) is 35.3 Å². The fraction of sp³-hybridized carbons (Fsp3) is 0.353. The van der Waals surface area contributed by atoms with Crippen molar-refractivity contribution < 1.29 is 19.1 Å².